The molecule has 3 nitrogen and oxygen atoms in total. The second-order valence-electron chi connectivity index (χ2n) is 3.68. The smallest absolute Gasteiger partial charge is 0.306 e. The lowest BCUT2D eigenvalue weighted by atomic mass is 9.95. The van der Waals surface area contributed by atoms with Gasteiger partial charge in [-0.15, -0.1) is 0 Å². The van der Waals surface area contributed by atoms with Crippen LogP contribution in [0.15, 0.2) is 24.3 Å². The third kappa shape index (κ3) is 3.36. The van der Waals surface area contributed by atoms with E-state index in [1.807, 2.05) is 19.1 Å². The molecular formula is C12H18NO2+. The molecule has 15 heavy (non-hydrogen) atoms. The number of carbonyl (C=O) groups is 1. The van der Waals surface area contributed by atoms with E-state index in [0.29, 0.717) is 13.0 Å². The molecule has 0 fully saturated rings. The van der Waals surface area contributed by atoms with E-state index in [1.165, 1.54) is 12.7 Å². The minimum absolute atomic E-state index is 0.165. The number of hydrogen-bond donors (Lipinski definition) is 1. The molecule has 0 unspecified atom stereocenters. The van der Waals surface area contributed by atoms with E-state index in [1.54, 1.807) is 0 Å². The molecule has 3 N–H and O–H groups in total. The van der Waals surface area contributed by atoms with Crippen LogP contribution in [0.3, 0.4) is 0 Å². The average Bonchev–Trinajstić information content (AvgIpc) is 2.27. The molecular weight excluding hydrogens is 190 g/mol. The molecule has 82 valence electrons. The molecule has 0 aromatic heterocycles. The van der Waals surface area contributed by atoms with Crippen LogP contribution in [0.2, 0.25) is 0 Å². The van der Waals surface area contributed by atoms with Crippen molar-refractivity contribution in [1.82, 2.24) is 0 Å². The van der Waals surface area contributed by atoms with Crippen molar-refractivity contribution in [2.45, 2.75) is 19.3 Å². The minimum Gasteiger partial charge on any atom is -0.469 e. The summed E-state index contributed by atoms with van der Waals surface area (Å²) < 4.78 is 4.66. The van der Waals surface area contributed by atoms with Gasteiger partial charge in [0.15, 0.2) is 0 Å². The van der Waals surface area contributed by atoms with Crippen molar-refractivity contribution in [3.8, 4) is 0 Å². The van der Waals surface area contributed by atoms with Gasteiger partial charge < -0.3 is 10.5 Å². The summed E-state index contributed by atoms with van der Waals surface area (Å²) in [4.78, 5) is 11.2. The van der Waals surface area contributed by atoms with E-state index >= 15 is 0 Å². The number of ether oxygens (including phenoxy) is 1. The second kappa shape index (κ2) is 5.51. The minimum atomic E-state index is -0.177. The van der Waals surface area contributed by atoms with Crippen LogP contribution in [0.4, 0.5) is 0 Å². The van der Waals surface area contributed by atoms with Crippen molar-refractivity contribution in [3.05, 3.63) is 35.4 Å². The Morgan fingerprint density at radius 1 is 1.40 bits per heavy atom. The van der Waals surface area contributed by atoms with E-state index < -0.39 is 0 Å². The van der Waals surface area contributed by atoms with Gasteiger partial charge in [0.2, 0.25) is 0 Å². The van der Waals surface area contributed by atoms with E-state index in [9.17, 15) is 4.79 Å². The average molecular weight is 208 g/mol. The first kappa shape index (κ1) is 11.7. The Balaban J connectivity index is 2.74. The largest absolute Gasteiger partial charge is 0.469 e. The van der Waals surface area contributed by atoms with Crippen LogP contribution < -0.4 is 5.73 Å². The van der Waals surface area contributed by atoms with Gasteiger partial charge in [-0.25, -0.2) is 0 Å². The van der Waals surface area contributed by atoms with Crippen molar-refractivity contribution in [2.75, 3.05) is 13.7 Å². The number of hydrogen-bond acceptors (Lipinski definition) is 2. The first-order chi connectivity index (χ1) is 7.17. The monoisotopic (exact) mass is 208 g/mol. The van der Waals surface area contributed by atoms with Gasteiger partial charge in [0.05, 0.1) is 20.1 Å². The van der Waals surface area contributed by atoms with Gasteiger partial charge in [0.25, 0.3) is 0 Å². The Labute approximate surface area is 90.2 Å². The molecule has 0 saturated heterocycles. The van der Waals surface area contributed by atoms with Crippen molar-refractivity contribution >= 4 is 5.97 Å². The third-order valence-electron chi connectivity index (χ3n) is 2.54. The molecule has 0 heterocycles. The maximum Gasteiger partial charge on any atom is 0.306 e. The summed E-state index contributed by atoms with van der Waals surface area (Å²) in [6.07, 6.45) is 0.406. The molecule has 0 radical (unpaired) electrons. The summed E-state index contributed by atoms with van der Waals surface area (Å²) in [6.45, 7) is 2.75. The van der Waals surface area contributed by atoms with Gasteiger partial charge in [0.1, 0.15) is 0 Å². The molecule has 1 aromatic rings. The van der Waals surface area contributed by atoms with E-state index in [-0.39, 0.29) is 11.9 Å². The molecule has 1 aromatic carbocycles. The fourth-order valence-electron chi connectivity index (χ4n) is 1.51. The van der Waals surface area contributed by atoms with Crippen LogP contribution in [-0.2, 0) is 9.53 Å². The molecule has 3 heteroatoms. The maximum atomic E-state index is 11.2. The summed E-state index contributed by atoms with van der Waals surface area (Å²) in [5.41, 5.74) is 6.24. The summed E-state index contributed by atoms with van der Waals surface area (Å²) >= 11 is 0. The van der Waals surface area contributed by atoms with Crippen molar-refractivity contribution < 1.29 is 15.3 Å². The number of methoxy groups -OCH3 is 1. The summed E-state index contributed by atoms with van der Waals surface area (Å²) in [6, 6.07) is 8.20. The van der Waals surface area contributed by atoms with Crippen LogP contribution >= 0.6 is 0 Å². The SMILES string of the molecule is COC(=O)C[C@H](C[NH3+])c1ccc(C)cc1. The Hall–Kier alpha value is -1.35. The first-order valence-corrected chi connectivity index (χ1v) is 5.10. The van der Waals surface area contributed by atoms with E-state index in [0.717, 1.165) is 5.56 Å². The quantitative estimate of drug-likeness (QED) is 0.747. The molecule has 0 aliphatic heterocycles. The van der Waals surface area contributed by atoms with Gasteiger partial charge in [-0.3, -0.25) is 4.79 Å². The fraction of sp³-hybridized carbons (Fsp3) is 0.417. The highest BCUT2D eigenvalue weighted by molar-refractivity contribution is 5.70. The number of rotatable bonds is 4. The van der Waals surface area contributed by atoms with Crippen molar-refractivity contribution in [2.24, 2.45) is 0 Å². The fourth-order valence-corrected chi connectivity index (χ4v) is 1.51. The van der Waals surface area contributed by atoms with Crippen LogP contribution in [0.25, 0.3) is 0 Å². The van der Waals surface area contributed by atoms with Crippen LogP contribution in [-0.4, -0.2) is 19.6 Å². The summed E-state index contributed by atoms with van der Waals surface area (Å²) in [5.74, 6) is -0.0118. The lowest BCUT2D eigenvalue weighted by Gasteiger charge is -2.11. The summed E-state index contributed by atoms with van der Waals surface area (Å²) in [7, 11) is 1.41. The highest BCUT2D eigenvalue weighted by Crippen LogP contribution is 2.18. The zero-order chi connectivity index (χ0) is 11.3. The topological polar surface area (TPSA) is 53.9 Å². The van der Waals surface area contributed by atoms with Gasteiger partial charge in [-0.05, 0) is 12.5 Å². The van der Waals surface area contributed by atoms with Gasteiger partial charge in [-0.1, -0.05) is 29.8 Å². The van der Waals surface area contributed by atoms with Crippen molar-refractivity contribution in [1.29, 1.82) is 0 Å². The zero-order valence-corrected chi connectivity index (χ0v) is 9.32. The Kier molecular flexibility index (Phi) is 4.31. The number of quaternary nitrogens is 1. The van der Waals surface area contributed by atoms with Gasteiger partial charge in [0, 0.05) is 5.92 Å². The molecule has 0 bridgehead atoms. The number of carbonyl (C=O) groups excluding carboxylic acids is 1. The highest BCUT2D eigenvalue weighted by Gasteiger charge is 2.16. The van der Waals surface area contributed by atoms with E-state index in [2.05, 4.69) is 22.6 Å². The standard InChI is InChI=1S/C12H17NO2/c1-9-3-5-10(6-4-9)11(8-13)7-12(14)15-2/h3-6,11H,7-8,13H2,1-2H3/p+1/t11-/m1/s1. The van der Waals surface area contributed by atoms with Crippen LogP contribution in [0.5, 0.6) is 0 Å². The lowest BCUT2D eigenvalue weighted by molar-refractivity contribution is -0.372. The van der Waals surface area contributed by atoms with Gasteiger partial charge >= 0.3 is 5.97 Å². The lowest BCUT2D eigenvalue weighted by Crippen LogP contribution is -2.53. The Morgan fingerprint density at radius 2 is 2.00 bits per heavy atom. The normalized spacial score (nSPS) is 12.2. The predicted molar refractivity (Wildman–Crippen MR) is 58.3 cm³/mol. The van der Waals surface area contributed by atoms with E-state index in [4.69, 9.17) is 0 Å². The number of aryl methyl sites for hydroxylation is 1. The Morgan fingerprint density at radius 3 is 2.47 bits per heavy atom. The Bertz CT molecular complexity index is 319. The molecule has 0 amide bonds. The van der Waals surface area contributed by atoms with Crippen LogP contribution in [0.1, 0.15) is 23.5 Å². The van der Waals surface area contributed by atoms with Gasteiger partial charge in [-0.2, -0.15) is 0 Å². The van der Waals surface area contributed by atoms with Crippen molar-refractivity contribution in [3.63, 3.8) is 0 Å². The zero-order valence-electron chi connectivity index (χ0n) is 9.32. The molecule has 1 rings (SSSR count). The third-order valence-corrected chi connectivity index (χ3v) is 2.54. The molecule has 0 spiro atoms. The molecule has 1 atom stereocenters. The highest BCUT2D eigenvalue weighted by atomic mass is 16.5. The summed E-state index contributed by atoms with van der Waals surface area (Å²) in [5, 5.41) is 0. The first-order valence-electron chi connectivity index (χ1n) is 5.10. The van der Waals surface area contributed by atoms with Crippen LogP contribution in [0, 0.1) is 6.92 Å². The maximum absolute atomic E-state index is 11.2. The number of esters is 1. The predicted octanol–water partition coefficient (Wildman–Crippen LogP) is 0.884. The molecule has 0 aliphatic carbocycles. The molecule has 0 aliphatic rings. The number of benzene rings is 1. The molecule has 0 saturated carbocycles. The second-order valence-corrected chi connectivity index (χ2v) is 3.68.